The zero-order valence-electron chi connectivity index (χ0n) is 20.4. The van der Waals surface area contributed by atoms with Crippen LogP contribution in [0.3, 0.4) is 0 Å². The molecule has 0 aliphatic rings. The highest BCUT2D eigenvalue weighted by molar-refractivity contribution is 5.89. The Hall–Kier alpha value is -5.12. The Balaban J connectivity index is 1.23. The number of H-pyrrole nitrogens is 1. The monoisotopic (exact) mass is 506 g/mol. The van der Waals surface area contributed by atoms with Crippen LogP contribution in [0.4, 0.5) is 16.0 Å². The van der Waals surface area contributed by atoms with Gasteiger partial charge < -0.3 is 11.1 Å². The van der Waals surface area contributed by atoms with Crippen molar-refractivity contribution in [3.05, 3.63) is 106 Å². The van der Waals surface area contributed by atoms with Crippen LogP contribution in [0.2, 0.25) is 0 Å². The Kier molecular flexibility index (Phi) is 5.76. The van der Waals surface area contributed by atoms with Crippen molar-refractivity contribution in [1.29, 1.82) is 0 Å². The van der Waals surface area contributed by atoms with E-state index in [0.717, 1.165) is 22.1 Å². The van der Waals surface area contributed by atoms with Gasteiger partial charge in [0.25, 0.3) is 5.56 Å². The minimum atomic E-state index is -0.304. The zero-order valence-corrected chi connectivity index (χ0v) is 20.4. The predicted octanol–water partition coefficient (Wildman–Crippen LogP) is 4.42. The van der Waals surface area contributed by atoms with Crippen LogP contribution >= 0.6 is 0 Å². The number of aromatic nitrogens is 6. The molecule has 10 heteroatoms. The summed E-state index contributed by atoms with van der Waals surface area (Å²) in [5, 5.41) is 11.2. The van der Waals surface area contributed by atoms with E-state index in [1.165, 1.54) is 17.0 Å². The van der Waals surface area contributed by atoms with Gasteiger partial charge in [-0.3, -0.25) is 14.5 Å². The predicted molar refractivity (Wildman–Crippen MR) is 145 cm³/mol. The number of nitrogens with one attached hydrogen (secondary N) is 2. The van der Waals surface area contributed by atoms with Crippen molar-refractivity contribution < 1.29 is 4.39 Å². The van der Waals surface area contributed by atoms with Crippen LogP contribution in [0, 0.1) is 12.7 Å². The van der Waals surface area contributed by atoms with Gasteiger partial charge in [0.05, 0.1) is 23.8 Å². The van der Waals surface area contributed by atoms with Crippen molar-refractivity contribution >= 4 is 33.6 Å². The first-order valence-corrected chi connectivity index (χ1v) is 12.0. The van der Waals surface area contributed by atoms with Crippen LogP contribution in [0.5, 0.6) is 0 Å². The molecule has 0 aliphatic carbocycles. The van der Waals surface area contributed by atoms with E-state index in [0.29, 0.717) is 45.9 Å². The molecule has 0 aliphatic heterocycles. The number of anilines is 2. The molecule has 4 aromatic heterocycles. The van der Waals surface area contributed by atoms with E-state index in [-0.39, 0.29) is 17.9 Å². The molecular weight excluding hydrogens is 483 g/mol. The molecule has 188 valence electrons. The van der Waals surface area contributed by atoms with Gasteiger partial charge in [0.2, 0.25) is 0 Å². The fourth-order valence-corrected chi connectivity index (χ4v) is 4.35. The van der Waals surface area contributed by atoms with Crippen LogP contribution in [0.1, 0.15) is 16.7 Å². The first-order valence-electron chi connectivity index (χ1n) is 12.0. The van der Waals surface area contributed by atoms with Gasteiger partial charge in [-0.2, -0.15) is 5.10 Å². The van der Waals surface area contributed by atoms with E-state index in [9.17, 15) is 9.18 Å². The first kappa shape index (κ1) is 23.3. The molecule has 4 N–H and O–H groups in total. The molecule has 38 heavy (non-hydrogen) atoms. The molecule has 0 amide bonds. The Morgan fingerprint density at radius 1 is 1.00 bits per heavy atom. The molecule has 4 heterocycles. The average Bonchev–Trinajstić information content (AvgIpc) is 3.31. The minimum Gasteiger partial charge on any atom is -0.384 e. The maximum absolute atomic E-state index is 14.0. The summed E-state index contributed by atoms with van der Waals surface area (Å²) in [5.41, 5.74) is 11.0. The topological polar surface area (TPSA) is 127 Å². The normalized spacial score (nSPS) is 11.3. The van der Waals surface area contributed by atoms with Crippen LogP contribution in [0.15, 0.2) is 78.1 Å². The van der Waals surface area contributed by atoms with Crippen molar-refractivity contribution in [3.63, 3.8) is 0 Å². The average molecular weight is 507 g/mol. The molecule has 0 spiro atoms. The third-order valence-electron chi connectivity index (χ3n) is 6.52. The Labute approximate surface area is 216 Å². The van der Waals surface area contributed by atoms with E-state index < -0.39 is 0 Å². The number of benzene rings is 2. The summed E-state index contributed by atoms with van der Waals surface area (Å²) in [6, 6.07) is 16.6. The molecule has 0 fully saturated rings. The minimum absolute atomic E-state index is 0.208. The maximum atomic E-state index is 14.0. The van der Waals surface area contributed by atoms with E-state index >= 15 is 0 Å². The van der Waals surface area contributed by atoms with Gasteiger partial charge in [-0.15, -0.1) is 0 Å². The van der Waals surface area contributed by atoms with Crippen LogP contribution in [0.25, 0.3) is 33.1 Å². The van der Waals surface area contributed by atoms with Crippen LogP contribution in [-0.4, -0.2) is 29.7 Å². The fraction of sp³-hybridized carbons (Fsp3) is 0.107. The first-order chi connectivity index (χ1) is 18.5. The number of fused-ring (bicyclic) bond motifs is 2. The van der Waals surface area contributed by atoms with Crippen molar-refractivity contribution in [2.75, 3.05) is 11.1 Å². The largest absolute Gasteiger partial charge is 0.384 e. The number of aromatic amines is 1. The fourth-order valence-electron chi connectivity index (χ4n) is 4.35. The number of aryl methyl sites for hydroxylation is 1. The van der Waals surface area contributed by atoms with Gasteiger partial charge in [-0.1, -0.05) is 36.4 Å². The number of nitrogens with zero attached hydrogens (tertiary/aromatic N) is 5. The van der Waals surface area contributed by atoms with E-state index in [2.05, 4.69) is 30.5 Å². The highest BCUT2D eigenvalue weighted by Crippen LogP contribution is 2.25. The molecule has 0 bridgehead atoms. The highest BCUT2D eigenvalue weighted by atomic mass is 19.1. The van der Waals surface area contributed by atoms with Gasteiger partial charge >= 0.3 is 0 Å². The third kappa shape index (κ3) is 4.32. The summed E-state index contributed by atoms with van der Waals surface area (Å²) in [6.07, 6.45) is 4.86. The number of nitrogens with two attached hydrogens (primary N) is 1. The molecule has 2 aromatic carbocycles. The standard InChI is InChI=1S/C28H23FN8O/c1-16-2-3-18(10-22(16)29)14-37-15-34-23-8-9-31-27(24(23)28(37)38)32-12-17-4-6-19(7-5-17)20-11-21-25(30)35-36-26(21)33-13-20/h2-11,13,15H,12,14H2,1H3,(H,31,32)(H3,30,33,35,36). The van der Waals surface area contributed by atoms with E-state index in [1.54, 1.807) is 37.5 Å². The number of hydrogen-bond acceptors (Lipinski definition) is 7. The van der Waals surface area contributed by atoms with Crippen LogP contribution < -0.4 is 16.6 Å². The van der Waals surface area contributed by atoms with Crippen molar-refractivity contribution in [3.8, 4) is 11.1 Å². The van der Waals surface area contributed by atoms with Crippen molar-refractivity contribution in [1.82, 2.24) is 29.7 Å². The highest BCUT2D eigenvalue weighted by Gasteiger charge is 2.12. The summed E-state index contributed by atoms with van der Waals surface area (Å²) in [7, 11) is 0. The lowest BCUT2D eigenvalue weighted by atomic mass is 10.0. The second-order valence-electron chi connectivity index (χ2n) is 9.10. The molecule has 0 radical (unpaired) electrons. The molecule has 0 atom stereocenters. The van der Waals surface area contributed by atoms with Gasteiger partial charge in [-0.05, 0) is 47.4 Å². The van der Waals surface area contributed by atoms with Gasteiger partial charge in [0, 0.05) is 24.5 Å². The van der Waals surface area contributed by atoms with Crippen molar-refractivity contribution in [2.45, 2.75) is 20.0 Å². The zero-order chi connectivity index (χ0) is 26.2. The third-order valence-corrected chi connectivity index (χ3v) is 6.52. The second-order valence-corrected chi connectivity index (χ2v) is 9.10. The summed E-state index contributed by atoms with van der Waals surface area (Å²) in [4.78, 5) is 26.5. The number of hydrogen-bond donors (Lipinski definition) is 3. The van der Waals surface area contributed by atoms with E-state index in [4.69, 9.17) is 5.73 Å². The van der Waals surface area contributed by atoms with E-state index in [1.807, 2.05) is 30.3 Å². The van der Waals surface area contributed by atoms with Gasteiger partial charge in [-0.25, -0.2) is 19.3 Å². The number of pyridine rings is 2. The van der Waals surface area contributed by atoms with Crippen molar-refractivity contribution in [2.24, 2.45) is 0 Å². The number of nitrogen functional groups attached to an aromatic ring is 1. The lowest BCUT2D eigenvalue weighted by Gasteiger charge is -2.11. The molecule has 0 saturated carbocycles. The molecule has 0 unspecified atom stereocenters. The SMILES string of the molecule is Cc1ccc(Cn2cnc3ccnc(NCc4ccc(-c5cnc6n[nH]c(N)c6c5)cc4)c3c2=O)cc1F. The Morgan fingerprint density at radius 2 is 1.82 bits per heavy atom. The molecule has 0 saturated heterocycles. The van der Waals surface area contributed by atoms with Gasteiger partial charge in [0.1, 0.15) is 22.8 Å². The lowest BCUT2D eigenvalue weighted by Crippen LogP contribution is -2.22. The molecule has 9 nitrogen and oxygen atoms in total. The quantitative estimate of drug-likeness (QED) is 0.305. The summed E-state index contributed by atoms with van der Waals surface area (Å²) < 4.78 is 15.5. The summed E-state index contributed by atoms with van der Waals surface area (Å²) >= 11 is 0. The Morgan fingerprint density at radius 3 is 2.63 bits per heavy atom. The number of halogens is 1. The summed E-state index contributed by atoms with van der Waals surface area (Å²) in [6.45, 7) is 2.36. The maximum Gasteiger partial charge on any atom is 0.265 e. The number of rotatable bonds is 6. The summed E-state index contributed by atoms with van der Waals surface area (Å²) in [5.74, 6) is 0.623. The molecular formula is C28H23FN8O. The van der Waals surface area contributed by atoms with Gasteiger partial charge in [0.15, 0.2) is 5.65 Å². The Bertz CT molecular complexity index is 1860. The molecule has 6 aromatic rings. The molecule has 6 rings (SSSR count). The smallest absolute Gasteiger partial charge is 0.265 e. The second kappa shape index (κ2) is 9.40. The lowest BCUT2D eigenvalue weighted by molar-refractivity contribution is 0.613. The van der Waals surface area contributed by atoms with Crippen LogP contribution in [-0.2, 0) is 13.1 Å².